The summed E-state index contributed by atoms with van der Waals surface area (Å²) in [6.07, 6.45) is 3.17. The molecule has 1 heterocycles. The molecule has 7 heteroatoms. The molecule has 0 bridgehead atoms. The zero-order valence-electron chi connectivity index (χ0n) is 14.4. The van der Waals surface area contributed by atoms with Gasteiger partial charge in [-0.1, -0.05) is 13.3 Å². The fourth-order valence-corrected chi connectivity index (χ4v) is 3.75. The molecule has 1 fully saturated rings. The minimum atomic E-state index is -3.02. The predicted molar refractivity (Wildman–Crippen MR) is 91.1 cm³/mol. The number of aliphatic imine (C=N–C) groups is 1. The lowest BCUT2D eigenvalue weighted by atomic mass is 10.2. The van der Waals surface area contributed by atoms with Crippen molar-refractivity contribution in [3.8, 4) is 0 Å². The van der Waals surface area contributed by atoms with Crippen LogP contribution >= 0.6 is 0 Å². The highest BCUT2D eigenvalue weighted by atomic mass is 32.2. The first-order valence-electron chi connectivity index (χ1n) is 8.09. The Bertz CT molecular complexity index is 461. The molecule has 1 N–H and O–H groups in total. The molecule has 130 valence electrons. The van der Waals surface area contributed by atoms with E-state index in [0.29, 0.717) is 13.1 Å². The molecular weight excluding hydrogens is 302 g/mol. The lowest BCUT2D eigenvalue weighted by Gasteiger charge is -2.39. The summed E-state index contributed by atoms with van der Waals surface area (Å²) < 4.78 is 28.9. The molecule has 0 amide bonds. The van der Waals surface area contributed by atoms with Crippen LogP contribution in [0.15, 0.2) is 4.99 Å². The minimum Gasteiger partial charge on any atom is -0.381 e. The van der Waals surface area contributed by atoms with Crippen LogP contribution in [0.3, 0.4) is 0 Å². The summed E-state index contributed by atoms with van der Waals surface area (Å²) in [5, 5.41) is 3.30. The number of hydrogen-bond acceptors (Lipinski definition) is 4. The van der Waals surface area contributed by atoms with Gasteiger partial charge in [-0.3, -0.25) is 4.99 Å². The molecule has 0 spiro atoms. The highest BCUT2D eigenvalue weighted by molar-refractivity contribution is 7.92. The molecular formula is C15H31N3O3S. The third-order valence-corrected chi connectivity index (χ3v) is 6.48. The normalized spacial score (nSPS) is 20.9. The zero-order valence-corrected chi connectivity index (χ0v) is 15.2. The Balaban J connectivity index is 2.37. The van der Waals surface area contributed by atoms with E-state index in [4.69, 9.17) is 4.74 Å². The van der Waals surface area contributed by atoms with Crippen molar-refractivity contribution in [3.05, 3.63) is 0 Å². The lowest BCUT2D eigenvalue weighted by Crippen LogP contribution is -2.57. The molecule has 0 aromatic heterocycles. The smallest absolute Gasteiger partial charge is 0.193 e. The molecule has 1 rings (SSSR count). The van der Waals surface area contributed by atoms with Crippen LogP contribution in [0, 0.1) is 0 Å². The van der Waals surface area contributed by atoms with Crippen LogP contribution in [0.25, 0.3) is 0 Å². The first kappa shape index (κ1) is 19.2. The van der Waals surface area contributed by atoms with Crippen LogP contribution in [0.4, 0.5) is 0 Å². The summed E-state index contributed by atoms with van der Waals surface area (Å²) in [4.78, 5) is 6.29. The summed E-state index contributed by atoms with van der Waals surface area (Å²) in [5.74, 6) is 0.956. The van der Waals surface area contributed by atoms with Gasteiger partial charge in [0.25, 0.3) is 0 Å². The van der Waals surface area contributed by atoms with Gasteiger partial charge in [-0.15, -0.1) is 0 Å². The summed E-state index contributed by atoms with van der Waals surface area (Å²) in [6, 6.07) is 0. The van der Waals surface area contributed by atoms with Crippen LogP contribution in [0.1, 0.15) is 40.0 Å². The molecule has 22 heavy (non-hydrogen) atoms. The van der Waals surface area contributed by atoms with Gasteiger partial charge < -0.3 is 15.0 Å². The molecule has 1 aliphatic heterocycles. The Morgan fingerprint density at radius 1 is 1.32 bits per heavy atom. The summed E-state index contributed by atoms with van der Waals surface area (Å²) in [5.41, 5.74) is 0. The van der Waals surface area contributed by atoms with E-state index in [0.717, 1.165) is 45.0 Å². The van der Waals surface area contributed by atoms with Crippen LogP contribution in [-0.4, -0.2) is 69.7 Å². The first-order valence-corrected chi connectivity index (χ1v) is 9.75. The van der Waals surface area contributed by atoms with Crippen molar-refractivity contribution in [2.75, 3.05) is 45.6 Å². The van der Waals surface area contributed by atoms with Crippen LogP contribution < -0.4 is 5.32 Å². The second-order valence-electron chi connectivity index (χ2n) is 6.29. The van der Waals surface area contributed by atoms with Gasteiger partial charge in [0.15, 0.2) is 15.8 Å². The Hall–Kier alpha value is -0.820. The van der Waals surface area contributed by atoms with Crippen molar-refractivity contribution in [2.45, 2.75) is 44.8 Å². The average Bonchev–Trinajstić information content (AvgIpc) is 2.45. The third kappa shape index (κ3) is 5.43. The second-order valence-corrected chi connectivity index (χ2v) is 9.04. The van der Waals surface area contributed by atoms with E-state index in [-0.39, 0.29) is 5.75 Å². The lowest BCUT2D eigenvalue weighted by molar-refractivity contribution is 0.129. The number of guanidine groups is 1. The fraction of sp³-hybridized carbons (Fsp3) is 0.933. The highest BCUT2D eigenvalue weighted by Gasteiger charge is 2.40. The molecule has 1 saturated heterocycles. The van der Waals surface area contributed by atoms with E-state index in [1.807, 2.05) is 4.90 Å². The minimum absolute atomic E-state index is 0.181. The van der Waals surface area contributed by atoms with Crippen molar-refractivity contribution < 1.29 is 13.2 Å². The largest absolute Gasteiger partial charge is 0.381 e. The van der Waals surface area contributed by atoms with Crippen LogP contribution in [-0.2, 0) is 14.6 Å². The molecule has 0 atom stereocenters. The summed E-state index contributed by atoms with van der Waals surface area (Å²) in [7, 11) is -1.29. The molecule has 0 aromatic carbocycles. The standard InChI is InChI=1S/C15H31N3O3S/c1-5-6-10-21-11-7-8-17-14(16-4)18-9-12-22(19,20)15(2,3)13-18/h5-13H2,1-4H3,(H,16,17). The predicted octanol–water partition coefficient (Wildman–Crippen LogP) is 1.28. The number of sulfone groups is 1. The van der Waals surface area contributed by atoms with Gasteiger partial charge in [0.1, 0.15) is 0 Å². The Morgan fingerprint density at radius 3 is 2.59 bits per heavy atom. The van der Waals surface area contributed by atoms with E-state index in [9.17, 15) is 8.42 Å². The molecule has 0 radical (unpaired) electrons. The number of unbranched alkanes of at least 4 members (excludes halogenated alkanes) is 1. The average molecular weight is 333 g/mol. The molecule has 0 unspecified atom stereocenters. The van der Waals surface area contributed by atoms with Crippen molar-refractivity contribution in [1.82, 2.24) is 10.2 Å². The van der Waals surface area contributed by atoms with Crippen molar-refractivity contribution in [1.29, 1.82) is 0 Å². The maximum Gasteiger partial charge on any atom is 0.193 e. The van der Waals surface area contributed by atoms with Gasteiger partial charge >= 0.3 is 0 Å². The molecule has 0 aliphatic carbocycles. The molecule has 1 aliphatic rings. The molecule has 6 nitrogen and oxygen atoms in total. The van der Waals surface area contributed by atoms with Gasteiger partial charge in [-0.05, 0) is 26.7 Å². The monoisotopic (exact) mass is 333 g/mol. The highest BCUT2D eigenvalue weighted by Crippen LogP contribution is 2.23. The quantitative estimate of drug-likeness (QED) is 0.432. The van der Waals surface area contributed by atoms with Gasteiger partial charge in [-0.25, -0.2) is 8.42 Å². The Morgan fingerprint density at radius 2 is 2.00 bits per heavy atom. The van der Waals surface area contributed by atoms with E-state index in [2.05, 4.69) is 17.2 Å². The van der Waals surface area contributed by atoms with Crippen molar-refractivity contribution in [3.63, 3.8) is 0 Å². The number of nitrogens with one attached hydrogen (secondary N) is 1. The van der Waals surface area contributed by atoms with Crippen LogP contribution in [0.5, 0.6) is 0 Å². The number of rotatable bonds is 7. The maximum atomic E-state index is 12.0. The summed E-state index contributed by atoms with van der Waals surface area (Å²) in [6.45, 7) is 9.03. The van der Waals surface area contributed by atoms with E-state index in [1.54, 1.807) is 20.9 Å². The second kappa shape index (κ2) is 8.72. The Kier molecular flexibility index (Phi) is 7.62. The Labute approximate surface area is 135 Å². The van der Waals surface area contributed by atoms with Crippen LogP contribution in [0.2, 0.25) is 0 Å². The first-order chi connectivity index (χ1) is 10.3. The third-order valence-electron chi connectivity index (χ3n) is 3.95. The molecule has 0 aromatic rings. The maximum absolute atomic E-state index is 12.0. The number of nitrogens with zero attached hydrogens (tertiary/aromatic N) is 2. The SMILES string of the molecule is CCCCOCCCNC(=NC)N1CCS(=O)(=O)C(C)(C)C1. The molecule has 0 saturated carbocycles. The van der Waals surface area contributed by atoms with E-state index >= 15 is 0 Å². The van der Waals surface area contributed by atoms with Gasteiger partial charge in [0.05, 0.1) is 10.5 Å². The summed E-state index contributed by atoms with van der Waals surface area (Å²) >= 11 is 0. The number of ether oxygens (including phenoxy) is 1. The van der Waals surface area contributed by atoms with Gasteiger partial charge in [-0.2, -0.15) is 0 Å². The fourth-order valence-electron chi connectivity index (χ4n) is 2.38. The van der Waals surface area contributed by atoms with Crippen molar-refractivity contribution >= 4 is 15.8 Å². The van der Waals surface area contributed by atoms with E-state index < -0.39 is 14.6 Å². The number of hydrogen-bond donors (Lipinski definition) is 1. The zero-order chi connectivity index (χ0) is 16.6. The van der Waals surface area contributed by atoms with Gasteiger partial charge in [0.2, 0.25) is 0 Å². The van der Waals surface area contributed by atoms with Crippen molar-refractivity contribution in [2.24, 2.45) is 4.99 Å². The van der Waals surface area contributed by atoms with Gasteiger partial charge in [0, 0.05) is 39.9 Å². The van der Waals surface area contributed by atoms with E-state index in [1.165, 1.54) is 0 Å². The topological polar surface area (TPSA) is 71.0 Å².